The first-order chi connectivity index (χ1) is 8.11. The molecule has 0 spiro atoms. The van der Waals surface area contributed by atoms with Crippen molar-refractivity contribution < 1.29 is 0 Å². The predicted molar refractivity (Wildman–Crippen MR) is 80.7 cm³/mol. The van der Waals surface area contributed by atoms with E-state index in [2.05, 4.69) is 39.1 Å². The van der Waals surface area contributed by atoms with Gasteiger partial charge in [-0.3, -0.25) is 0 Å². The third-order valence-electron chi connectivity index (χ3n) is 3.54. The number of thioether (sulfide) groups is 1. The van der Waals surface area contributed by atoms with E-state index in [-0.39, 0.29) is 0 Å². The summed E-state index contributed by atoms with van der Waals surface area (Å²) in [6.45, 7) is 10.4. The number of allylic oxidation sites excluding steroid dienone is 2. The van der Waals surface area contributed by atoms with Gasteiger partial charge in [0, 0.05) is 6.04 Å². The van der Waals surface area contributed by atoms with Gasteiger partial charge in [-0.25, -0.2) is 0 Å². The molecule has 0 aromatic carbocycles. The molecule has 0 fully saturated rings. The van der Waals surface area contributed by atoms with E-state index in [1.807, 2.05) is 11.8 Å². The van der Waals surface area contributed by atoms with Crippen molar-refractivity contribution in [2.75, 3.05) is 18.1 Å². The van der Waals surface area contributed by atoms with Crippen molar-refractivity contribution in [3.05, 3.63) is 11.6 Å². The van der Waals surface area contributed by atoms with E-state index in [0.29, 0.717) is 6.04 Å². The normalized spacial score (nSPS) is 26.7. The Kier molecular flexibility index (Phi) is 7.29. The van der Waals surface area contributed by atoms with Crippen LogP contribution < -0.4 is 5.32 Å². The van der Waals surface area contributed by atoms with Crippen LogP contribution in [0.25, 0.3) is 0 Å². The molecule has 0 heterocycles. The molecule has 1 aliphatic carbocycles. The van der Waals surface area contributed by atoms with Crippen LogP contribution in [-0.2, 0) is 0 Å². The van der Waals surface area contributed by atoms with E-state index in [4.69, 9.17) is 0 Å². The second kappa shape index (κ2) is 8.20. The first-order valence-electron chi connectivity index (χ1n) is 7.10. The van der Waals surface area contributed by atoms with Gasteiger partial charge in [0.1, 0.15) is 0 Å². The zero-order valence-corrected chi connectivity index (χ0v) is 12.8. The zero-order chi connectivity index (χ0) is 12.7. The quantitative estimate of drug-likeness (QED) is 0.543. The third kappa shape index (κ3) is 6.52. The van der Waals surface area contributed by atoms with Crippen LogP contribution in [0.3, 0.4) is 0 Å². The lowest BCUT2D eigenvalue weighted by Crippen LogP contribution is -2.33. The summed E-state index contributed by atoms with van der Waals surface area (Å²) in [6.07, 6.45) is 6.40. The van der Waals surface area contributed by atoms with Gasteiger partial charge in [0.2, 0.25) is 0 Å². The maximum absolute atomic E-state index is 3.71. The van der Waals surface area contributed by atoms with Crippen molar-refractivity contribution in [3.63, 3.8) is 0 Å². The second-order valence-corrected chi connectivity index (χ2v) is 6.98. The van der Waals surface area contributed by atoms with Crippen molar-refractivity contribution in [1.29, 1.82) is 0 Å². The van der Waals surface area contributed by atoms with Crippen LogP contribution in [0, 0.1) is 11.8 Å². The molecule has 2 heteroatoms. The number of rotatable bonds is 7. The molecule has 1 nitrogen and oxygen atoms in total. The van der Waals surface area contributed by atoms with E-state index >= 15 is 0 Å². The van der Waals surface area contributed by atoms with Crippen LogP contribution in [0.15, 0.2) is 11.6 Å². The predicted octanol–water partition coefficient (Wildman–Crippen LogP) is 4.10. The number of hydrogen-bond acceptors (Lipinski definition) is 2. The Labute approximate surface area is 112 Å². The lowest BCUT2D eigenvalue weighted by Gasteiger charge is -2.27. The van der Waals surface area contributed by atoms with Gasteiger partial charge in [-0.15, -0.1) is 0 Å². The first kappa shape index (κ1) is 15.1. The van der Waals surface area contributed by atoms with Gasteiger partial charge in [-0.2, -0.15) is 11.8 Å². The Bertz CT molecular complexity index is 237. The number of nitrogens with one attached hydrogen (secondary N) is 1. The fourth-order valence-corrected chi connectivity index (χ4v) is 3.53. The highest BCUT2D eigenvalue weighted by atomic mass is 32.2. The lowest BCUT2D eigenvalue weighted by atomic mass is 9.83. The summed E-state index contributed by atoms with van der Waals surface area (Å²) >= 11 is 2.05. The summed E-state index contributed by atoms with van der Waals surface area (Å²) in [5.74, 6) is 4.18. The van der Waals surface area contributed by atoms with Crippen molar-refractivity contribution >= 4 is 11.8 Å². The second-order valence-electron chi connectivity index (χ2n) is 5.59. The van der Waals surface area contributed by atoms with E-state index in [1.54, 1.807) is 5.57 Å². The summed E-state index contributed by atoms with van der Waals surface area (Å²) in [5, 5.41) is 3.71. The lowest BCUT2D eigenvalue weighted by molar-refractivity contribution is 0.363. The minimum atomic E-state index is 0.676. The minimum Gasteiger partial charge on any atom is -0.314 e. The van der Waals surface area contributed by atoms with E-state index in [9.17, 15) is 0 Å². The van der Waals surface area contributed by atoms with Crippen LogP contribution in [0.5, 0.6) is 0 Å². The SMILES string of the molecule is CCSCCC(C)NCC1CC(C)=CC(C)C1. The summed E-state index contributed by atoms with van der Waals surface area (Å²) in [4.78, 5) is 0. The molecule has 0 radical (unpaired) electrons. The van der Waals surface area contributed by atoms with Gasteiger partial charge in [0.05, 0.1) is 0 Å². The fraction of sp³-hybridized carbons (Fsp3) is 0.867. The van der Waals surface area contributed by atoms with Gasteiger partial charge >= 0.3 is 0 Å². The average molecular weight is 255 g/mol. The van der Waals surface area contributed by atoms with Gasteiger partial charge in [-0.05, 0) is 63.0 Å². The van der Waals surface area contributed by atoms with E-state index < -0.39 is 0 Å². The largest absolute Gasteiger partial charge is 0.314 e. The molecular weight excluding hydrogens is 226 g/mol. The van der Waals surface area contributed by atoms with Crippen LogP contribution in [-0.4, -0.2) is 24.1 Å². The molecule has 0 saturated carbocycles. The fourth-order valence-electron chi connectivity index (χ4n) is 2.72. The number of hydrogen-bond donors (Lipinski definition) is 1. The molecule has 17 heavy (non-hydrogen) atoms. The van der Waals surface area contributed by atoms with Gasteiger partial charge < -0.3 is 5.32 Å². The molecule has 100 valence electrons. The van der Waals surface area contributed by atoms with Crippen molar-refractivity contribution in [3.8, 4) is 0 Å². The zero-order valence-electron chi connectivity index (χ0n) is 12.0. The average Bonchev–Trinajstić information content (AvgIpc) is 2.25. The molecule has 1 N–H and O–H groups in total. The highest BCUT2D eigenvalue weighted by Crippen LogP contribution is 2.27. The molecule has 1 rings (SSSR count). The molecule has 0 amide bonds. The maximum Gasteiger partial charge on any atom is 0.00466 e. The highest BCUT2D eigenvalue weighted by Gasteiger charge is 2.18. The van der Waals surface area contributed by atoms with Gasteiger partial charge in [0.25, 0.3) is 0 Å². The Balaban J connectivity index is 2.15. The summed E-state index contributed by atoms with van der Waals surface area (Å²) in [7, 11) is 0. The Morgan fingerprint density at radius 2 is 2.29 bits per heavy atom. The molecule has 3 unspecified atom stereocenters. The van der Waals surface area contributed by atoms with Crippen LogP contribution in [0.1, 0.15) is 47.0 Å². The Hall–Kier alpha value is 0.0500. The Morgan fingerprint density at radius 1 is 1.53 bits per heavy atom. The molecule has 0 bridgehead atoms. The first-order valence-corrected chi connectivity index (χ1v) is 8.25. The summed E-state index contributed by atoms with van der Waals surface area (Å²) in [5.41, 5.74) is 1.59. The van der Waals surface area contributed by atoms with Crippen LogP contribution >= 0.6 is 11.8 Å². The van der Waals surface area contributed by atoms with Crippen molar-refractivity contribution in [2.45, 2.75) is 53.0 Å². The molecule has 1 aliphatic rings. The van der Waals surface area contributed by atoms with E-state index in [0.717, 1.165) is 11.8 Å². The molecule has 0 saturated heterocycles. The standard InChI is InChI=1S/C15H29NS/c1-5-17-7-6-14(4)16-11-15-9-12(2)8-13(3)10-15/h8,12,14-16H,5-7,9-11H2,1-4H3. The monoisotopic (exact) mass is 255 g/mol. The van der Waals surface area contributed by atoms with Gasteiger partial charge in [-0.1, -0.05) is 25.5 Å². The minimum absolute atomic E-state index is 0.676. The van der Waals surface area contributed by atoms with Crippen molar-refractivity contribution in [1.82, 2.24) is 5.32 Å². The Morgan fingerprint density at radius 3 is 2.94 bits per heavy atom. The molecular formula is C15H29NS. The third-order valence-corrected chi connectivity index (χ3v) is 4.47. The topological polar surface area (TPSA) is 12.0 Å². The molecule has 3 atom stereocenters. The van der Waals surface area contributed by atoms with Crippen LogP contribution in [0.2, 0.25) is 0 Å². The molecule has 0 aromatic rings. The molecule has 0 aliphatic heterocycles. The molecule has 0 aromatic heterocycles. The van der Waals surface area contributed by atoms with Crippen molar-refractivity contribution in [2.24, 2.45) is 11.8 Å². The smallest absolute Gasteiger partial charge is 0.00466 e. The summed E-state index contributed by atoms with van der Waals surface area (Å²) in [6, 6.07) is 0.676. The van der Waals surface area contributed by atoms with E-state index in [1.165, 1.54) is 37.3 Å². The summed E-state index contributed by atoms with van der Waals surface area (Å²) < 4.78 is 0. The van der Waals surface area contributed by atoms with Crippen LogP contribution in [0.4, 0.5) is 0 Å². The van der Waals surface area contributed by atoms with Gasteiger partial charge in [0.15, 0.2) is 0 Å². The highest BCUT2D eigenvalue weighted by molar-refractivity contribution is 7.99. The maximum atomic E-state index is 3.71.